The number of nitrogens with one attached hydrogen (secondary N) is 2. The molecule has 90 valence electrons. The monoisotopic (exact) mass is 241 g/mol. The van der Waals surface area contributed by atoms with Crippen LogP contribution < -0.4 is 10.6 Å². The molecular weight excluding hydrogens is 222 g/mol. The Kier molecular flexibility index (Phi) is 4.15. The summed E-state index contributed by atoms with van der Waals surface area (Å²) in [6.45, 7) is 3.25. The minimum absolute atomic E-state index is 0.0378. The van der Waals surface area contributed by atoms with Crippen molar-refractivity contribution in [1.82, 2.24) is 10.3 Å². The van der Waals surface area contributed by atoms with Crippen molar-refractivity contribution in [2.24, 2.45) is 0 Å². The van der Waals surface area contributed by atoms with Crippen LogP contribution in [-0.4, -0.2) is 29.4 Å². The first-order valence-electron chi connectivity index (χ1n) is 5.90. The molecule has 1 aromatic heterocycles. The van der Waals surface area contributed by atoms with Gasteiger partial charge in [0.25, 0.3) is 0 Å². The topological polar surface area (TPSA) is 57.2 Å². The van der Waals surface area contributed by atoms with Crippen LogP contribution in [0.3, 0.4) is 0 Å². The molecule has 0 bridgehead atoms. The molecule has 0 spiro atoms. The fourth-order valence-corrected chi connectivity index (χ4v) is 3.12. The average molecular weight is 241 g/mol. The van der Waals surface area contributed by atoms with E-state index in [1.54, 1.807) is 11.3 Å². The van der Waals surface area contributed by atoms with Gasteiger partial charge in [-0.25, -0.2) is 4.98 Å². The predicted octanol–water partition coefficient (Wildman–Crippen LogP) is 1.36. The number of hydrogen-bond donors (Lipinski definition) is 3. The van der Waals surface area contributed by atoms with E-state index in [9.17, 15) is 0 Å². The summed E-state index contributed by atoms with van der Waals surface area (Å²) in [5.41, 5.74) is 1.22. The van der Waals surface area contributed by atoms with E-state index in [0.29, 0.717) is 6.04 Å². The molecule has 1 aromatic rings. The fraction of sp³-hybridized carbons (Fsp3) is 0.727. The SMILES string of the molecule is CCCN[C@H]1CCc2nc(NCO)sc2C1. The van der Waals surface area contributed by atoms with Crippen LogP contribution in [0, 0.1) is 0 Å². The van der Waals surface area contributed by atoms with Crippen LogP contribution in [0.2, 0.25) is 0 Å². The lowest BCUT2D eigenvalue weighted by atomic mass is 9.98. The first-order chi connectivity index (χ1) is 7.83. The van der Waals surface area contributed by atoms with Crippen LogP contribution in [0.25, 0.3) is 0 Å². The molecule has 0 aliphatic heterocycles. The summed E-state index contributed by atoms with van der Waals surface area (Å²) in [5.74, 6) is 0. The van der Waals surface area contributed by atoms with Crippen molar-refractivity contribution in [2.45, 2.75) is 38.6 Å². The van der Waals surface area contributed by atoms with Crippen molar-refractivity contribution in [3.05, 3.63) is 10.6 Å². The lowest BCUT2D eigenvalue weighted by molar-refractivity contribution is 0.325. The van der Waals surface area contributed by atoms with Crippen molar-refractivity contribution in [3.8, 4) is 0 Å². The second kappa shape index (κ2) is 5.61. The smallest absolute Gasteiger partial charge is 0.184 e. The Labute approximate surface area is 100 Å². The maximum absolute atomic E-state index is 8.79. The highest BCUT2D eigenvalue weighted by Gasteiger charge is 2.21. The minimum Gasteiger partial charge on any atom is -0.377 e. The van der Waals surface area contributed by atoms with E-state index in [1.807, 2.05) is 0 Å². The molecule has 0 amide bonds. The first-order valence-corrected chi connectivity index (χ1v) is 6.71. The number of thiazole rings is 1. The number of aliphatic hydroxyl groups excluding tert-OH is 1. The quantitative estimate of drug-likeness (QED) is 0.681. The van der Waals surface area contributed by atoms with Gasteiger partial charge in [-0.2, -0.15) is 0 Å². The van der Waals surface area contributed by atoms with Crippen molar-refractivity contribution < 1.29 is 5.11 Å². The van der Waals surface area contributed by atoms with E-state index >= 15 is 0 Å². The van der Waals surface area contributed by atoms with Crippen LogP contribution in [0.4, 0.5) is 5.13 Å². The number of fused-ring (bicyclic) bond motifs is 1. The summed E-state index contributed by atoms with van der Waals surface area (Å²) in [6.07, 6.45) is 4.50. The predicted molar refractivity (Wildman–Crippen MR) is 66.9 cm³/mol. The Morgan fingerprint density at radius 2 is 2.44 bits per heavy atom. The Morgan fingerprint density at radius 1 is 1.56 bits per heavy atom. The number of anilines is 1. The van der Waals surface area contributed by atoms with Gasteiger partial charge in [-0.15, -0.1) is 11.3 Å². The standard InChI is InChI=1S/C11H19N3OS/c1-2-5-12-8-3-4-9-10(6-8)16-11(14-9)13-7-15/h8,12,15H,2-7H2,1H3,(H,13,14)/t8-/m0/s1. The van der Waals surface area contributed by atoms with Crippen LogP contribution in [0.15, 0.2) is 0 Å². The highest BCUT2D eigenvalue weighted by molar-refractivity contribution is 7.15. The number of aromatic nitrogens is 1. The lowest BCUT2D eigenvalue weighted by Crippen LogP contribution is -2.34. The highest BCUT2D eigenvalue weighted by Crippen LogP contribution is 2.29. The Balaban J connectivity index is 1.97. The van der Waals surface area contributed by atoms with Crippen LogP contribution >= 0.6 is 11.3 Å². The van der Waals surface area contributed by atoms with Gasteiger partial charge in [-0.05, 0) is 32.2 Å². The normalized spacial score (nSPS) is 19.5. The second-order valence-electron chi connectivity index (χ2n) is 4.12. The van der Waals surface area contributed by atoms with Crippen molar-refractivity contribution >= 4 is 16.5 Å². The second-order valence-corrected chi connectivity index (χ2v) is 5.20. The molecule has 2 rings (SSSR count). The molecular formula is C11H19N3OS. The van der Waals surface area contributed by atoms with Gasteiger partial charge >= 0.3 is 0 Å². The number of aryl methyl sites for hydroxylation is 1. The van der Waals surface area contributed by atoms with Gasteiger partial charge in [0.15, 0.2) is 5.13 Å². The van der Waals surface area contributed by atoms with Gasteiger partial charge in [0.1, 0.15) is 6.73 Å². The summed E-state index contributed by atoms with van der Waals surface area (Å²) < 4.78 is 0. The summed E-state index contributed by atoms with van der Waals surface area (Å²) in [4.78, 5) is 5.85. The molecule has 1 heterocycles. The maximum Gasteiger partial charge on any atom is 0.184 e. The molecule has 1 aliphatic carbocycles. The van der Waals surface area contributed by atoms with Crippen LogP contribution in [0.5, 0.6) is 0 Å². The zero-order valence-corrected chi connectivity index (χ0v) is 10.4. The molecule has 4 nitrogen and oxygen atoms in total. The summed E-state index contributed by atoms with van der Waals surface area (Å²) in [6, 6.07) is 0.606. The number of hydrogen-bond acceptors (Lipinski definition) is 5. The lowest BCUT2D eigenvalue weighted by Gasteiger charge is -2.21. The van der Waals surface area contributed by atoms with Crippen LogP contribution in [0.1, 0.15) is 30.3 Å². The summed E-state index contributed by atoms with van der Waals surface area (Å²) in [5, 5.41) is 16.1. The molecule has 0 unspecified atom stereocenters. The fourth-order valence-electron chi connectivity index (χ4n) is 2.04. The minimum atomic E-state index is -0.0378. The number of aliphatic hydroxyl groups is 1. The number of rotatable bonds is 5. The third-order valence-corrected chi connectivity index (χ3v) is 3.93. The average Bonchev–Trinajstić information content (AvgIpc) is 2.68. The van der Waals surface area contributed by atoms with E-state index in [0.717, 1.165) is 24.5 Å². The zero-order valence-electron chi connectivity index (χ0n) is 9.62. The molecule has 0 fully saturated rings. The van der Waals surface area contributed by atoms with E-state index in [-0.39, 0.29) is 6.73 Å². The Bertz CT molecular complexity index is 340. The molecule has 3 N–H and O–H groups in total. The largest absolute Gasteiger partial charge is 0.377 e. The zero-order chi connectivity index (χ0) is 11.4. The van der Waals surface area contributed by atoms with E-state index < -0.39 is 0 Å². The van der Waals surface area contributed by atoms with E-state index in [2.05, 4.69) is 22.5 Å². The Hall–Kier alpha value is -0.650. The molecule has 1 aliphatic rings. The van der Waals surface area contributed by atoms with Crippen LogP contribution in [-0.2, 0) is 12.8 Å². The van der Waals surface area contributed by atoms with Gasteiger partial charge in [-0.1, -0.05) is 6.92 Å². The van der Waals surface area contributed by atoms with Crippen molar-refractivity contribution in [1.29, 1.82) is 0 Å². The first kappa shape index (κ1) is 11.8. The molecule has 0 radical (unpaired) electrons. The van der Waals surface area contributed by atoms with Gasteiger partial charge in [-0.3, -0.25) is 0 Å². The molecule has 0 saturated carbocycles. The molecule has 1 atom stereocenters. The third kappa shape index (κ3) is 2.72. The van der Waals surface area contributed by atoms with Gasteiger partial charge in [0, 0.05) is 10.9 Å². The van der Waals surface area contributed by atoms with Crippen molar-refractivity contribution in [2.75, 3.05) is 18.6 Å². The van der Waals surface area contributed by atoms with Gasteiger partial charge in [0.2, 0.25) is 0 Å². The van der Waals surface area contributed by atoms with Crippen molar-refractivity contribution in [3.63, 3.8) is 0 Å². The summed E-state index contributed by atoms with van der Waals surface area (Å²) in [7, 11) is 0. The summed E-state index contributed by atoms with van der Waals surface area (Å²) >= 11 is 1.67. The van der Waals surface area contributed by atoms with Gasteiger partial charge < -0.3 is 15.7 Å². The third-order valence-electron chi connectivity index (χ3n) is 2.85. The molecule has 16 heavy (non-hydrogen) atoms. The van der Waals surface area contributed by atoms with Gasteiger partial charge in [0.05, 0.1) is 5.69 Å². The maximum atomic E-state index is 8.79. The Morgan fingerprint density at radius 3 is 3.19 bits per heavy atom. The molecule has 0 aromatic carbocycles. The molecule has 5 heteroatoms. The van der Waals surface area contributed by atoms with E-state index in [1.165, 1.54) is 23.4 Å². The highest BCUT2D eigenvalue weighted by atomic mass is 32.1. The molecule has 0 saturated heterocycles. The number of nitrogens with zero attached hydrogens (tertiary/aromatic N) is 1. The van der Waals surface area contributed by atoms with E-state index in [4.69, 9.17) is 5.11 Å².